The van der Waals surface area contributed by atoms with Crippen molar-refractivity contribution in [1.29, 1.82) is 0 Å². The quantitative estimate of drug-likeness (QED) is 0.767. The Kier molecular flexibility index (Phi) is 5.25. The molecule has 1 aromatic carbocycles. The first-order valence-electron chi connectivity index (χ1n) is 10.1. The number of fused-ring (bicyclic) bond motifs is 1. The summed E-state index contributed by atoms with van der Waals surface area (Å²) in [6, 6.07) is 4.39. The molecule has 0 bridgehead atoms. The van der Waals surface area contributed by atoms with Gasteiger partial charge in [-0.1, -0.05) is 6.42 Å². The molecule has 0 radical (unpaired) electrons. The molecule has 3 heterocycles. The van der Waals surface area contributed by atoms with E-state index in [0.717, 1.165) is 43.4 Å². The molecular weight excluding hydrogens is 393 g/mol. The highest BCUT2D eigenvalue weighted by atomic mass is 32.2. The summed E-state index contributed by atoms with van der Waals surface area (Å²) in [5, 5.41) is 0. The lowest BCUT2D eigenvalue weighted by Crippen LogP contribution is -2.37. The second kappa shape index (κ2) is 7.57. The van der Waals surface area contributed by atoms with E-state index in [1.165, 1.54) is 28.7 Å². The van der Waals surface area contributed by atoms with Gasteiger partial charge >= 0.3 is 0 Å². The van der Waals surface area contributed by atoms with Gasteiger partial charge in [0.05, 0.1) is 5.69 Å². The van der Waals surface area contributed by atoms with Crippen LogP contribution in [0.4, 0.5) is 10.1 Å². The molecule has 2 aliphatic heterocycles. The first-order valence-corrected chi connectivity index (χ1v) is 11.5. The van der Waals surface area contributed by atoms with Gasteiger partial charge in [0, 0.05) is 32.9 Å². The van der Waals surface area contributed by atoms with Crippen LogP contribution in [-0.4, -0.2) is 42.8 Å². The van der Waals surface area contributed by atoms with Crippen molar-refractivity contribution in [3.05, 3.63) is 47.0 Å². The number of hydrogen-bond acceptors (Lipinski definition) is 3. The minimum Gasteiger partial charge on any atom is -0.345 e. The Labute approximate surface area is 171 Å². The first kappa shape index (κ1) is 20.1. The third kappa shape index (κ3) is 3.59. The van der Waals surface area contributed by atoms with Crippen LogP contribution < -0.4 is 4.90 Å². The molecule has 4 rings (SSSR count). The number of aromatic nitrogens is 1. The molecule has 1 saturated heterocycles. The van der Waals surface area contributed by atoms with E-state index >= 15 is 0 Å². The van der Waals surface area contributed by atoms with E-state index in [1.54, 1.807) is 23.4 Å². The summed E-state index contributed by atoms with van der Waals surface area (Å²) in [5.74, 6) is -0.562. The molecule has 0 aliphatic carbocycles. The van der Waals surface area contributed by atoms with Crippen molar-refractivity contribution < 1.29 is 17.6 Å². The smallest absolute Gasteiger partial charge is 0.274 e. The third-order valence-corrected chi connectivity index (χ3v) is 7.70. The number of piperidine rings is 1. The van der Waals surface area contributed by atoms with Gasteiger partial charge in [-0.2, -0.15) is 4.31 Å². The van der Waals surface area contributed by atoms with Crippen LogP contribution >= 0.6 is 0 Å². The SMILES string of the molecule is Cc1cc(F)cc2c1N(C(=O)c1cc(S(=O)(=O)N3CCCCC3)cn1C)CCC2. The highest BCUT2D eigenvalue weighted by molar-refractivity contribution is 7.89. The number of rotatable bonds is 3. The van der Waals surface area contributed by atoms with E-state index < -0.39 is 10.0 Å². The van der Waals surface area contributed by atoms with Gasteiger partial charge in [-0.05, 0) is 61.9 Å². The maximum atomic E-state index is 13.8. The van der Waals surface area contributed by atoms with Gasteiger partial charge in [-0.3, -0.25) is 4.79 Å². The standard InChI is InChI=1S/C21H26FN3O3S/c1-15-11-17(22)12-16-7-6-10-25(20(15)16)21(26)19-13-18(14-23(19)2)29(27,28)24-8-4-3-5-9-24/h11-14H,3-10H2,1-2H3. The first-order chi connectivity index (χ1) is 13.8. The van der Waals surface area contributed by atoms with Crippen LogP contribution in [0.1, 0.15) is 47.3 Å². The molecule has 2 aliphatic rings. The predicted octanol–water partition coefficient (Wildman–Crippen LogP) is 3.24. The molecule has 8 heteroatoms. The summed E-state index contributed by atoms with van der Waals surface area (Å²) in [6.07, 6.45) is 5.74. The van der Waals surface area contributed by atoms with Crippen LogP contribution in [0.5, 0.6) is 0 Å². The summed E-state index contributed by atoms with van der Waals surface area (Å²) < 4.78 is 42.9. The number of anilines is 1. The summed E-state index contributed by atoms with van der Waals surface area (Å²) in [4.78, 5) is 15.1. The van der Waals surface area contributed by atoms with Crippen molar-refractivity contribution in [2.75, 3.05) is 24.5 Å². The zero-order chi connectivity index (χ0) is 20.8. The highest BCUT2D eigenvalue weighted by Gasteiger charge is 2.31. The van der Waals surface area contributed by atoms with E-state index in [1.807, 2.05) is 0 Å². The van der Waals surface area contributed by atoms with Crippen molar-refractivity contribution in [2.24, 2.45) is 7.05 Å². The van der Waals surface area contributed by atoms with Crippen LogP contribution in [-0.2, 0) is 23.5 Å². The molecule has 156 valence electrons. The second-order valence-corrected chi connectivity index (χ2v) is 9.87. The number of nitrogens with zero attached hydrogens (tertiary/aromatic N) is 3. The van der Waals surface area contributed by atoms with Crippen molar-refractivity contribution in [2.45, 2.75) is 43.9 Å². The summed E-state index contributed by atoms with van der Waals surface area (Å²) in [7, 11) is -1.92. The Morgan fingerprint density at radius 1 is 1.03 bits per heavy atom. The minimum absolute atomic E-state index is 0.151. The van der Waals surface area contributed by atoms with Crippen molar-refractivity contribution in [3.63, 3.8) is 0 Å². The maximum absolute atomic E-state index is 13.8. The van der Waals surface area contributed by atoms with E-state index in [4.69, 9.17) is 0 Å². The van der Waals surface area contributed by atoms with Crippen LogP contribution in [0, 0.1) is 12.7 Å². The number of halogens is 1. The van der Waals surface area contributed by atoms with Gasteiger partial charge in [0.1, 0.15) is 16.4 Å². The summed E-state index contributed by atoms with van der Waals surface area (Å²) >= 11 is 0. The molecule has 0 unspecified atom stereocenters. The Balaban J connectivity index is 1.68. The van der Waals surface area contributed by atoms with Crippen LogP contribution in [0.25, 0.3) is 0 Å². The van der Waals surface area contributed by atoms with Crippen molar-refractivity contribution in [1.82, 2.24) is 8.87 Å². The molecule has 0 saturated carbocycles. The fraction of sp³-hybridized carbons (Fsp3) is 0.476. The molecule has 6 nitrogen and oxygen atoms in total. The Bertz CT molecular complexity index is 1060. The predicted molar refractivity (Wildman–Crippen MR) is 109 cm³/mol. The lowest BCUT2D eigenvalue weighted by molar-refractivity contribution is 0.0977. The third-order valence-electron chi connectivity index (χ3n) is 5.84. The number of benzene rings is 1. The van der Waals surface area contributed by atoms with Gasteiger partial charge in [0.2, 0.25) is 10.0 Å². The number of carbonyl (C=O) groups excluding carboxylic acids is 1. The Morgan fingerprint density at radius 2 is 1.76 bits per heavy atom. The van der Waals surface area contributed by atoms with Gasteiger partial charge in [-0.25, -0.2) is 12.8 Å². The van der Waals surface area contributed by atoms with Crippen LogP contribution in [0.15, 0.2) is 29.3 Å². The average molecular weight is 420 g/mol. The molecule has 0 atom stereocenters. The zero-order valence-corrected chi connectivity index (χ0v) is 17.6. The molecule has 0 spiro atoms. The van der Waals surface area contributed by atoms with Gasteiger partial charge < -0.3 is 9.47 Å². The molecule has 29 heavy (non-hydrogen) atoms. The average Bonchev–Trinajstić information content (AvgIpc) is 3.10. The molecule has 1 amide bonds. The monoisotopic (exact) mass is 419 g/mol. The fourth-order valence-corrected chi connectivity index (χ4v) is 5.99. The molecular formula is C21H26FN3O3S. The topological polar surface area (TPSA) is 62.6 Å². The molecule has 1 fully saturated rings. The fourth-order valence-electron chi connectivity index (χ4n) is 4.40. The number of hydrogen-bond donors (Lipinski definition) is 0. The van der Waals surface area contributed by atoms with Gasteiger partial charge in [0.15, 0.2) is 0 Å². The summed E-state index contributed by atoms with van der Waals surface area (Å²) in [6.45, 7) is 3.36. The molecule has 1 aromatic heterocycles. The Morgan fingerprint density at radius 3 is 2.48 bits per heavy atom. The Hall–Kier alpha value is -2.19. The van der Waals surface area contributed by atoms with Crippen molar-refractivity contribution in [3.8, 4) is 0 Å². The molecule has 0 N–H and O–H groups in total. The largest absolute Gasteiger partial charge is 0.345 e. The summed E-state index contributed by atoms with van der Waals surface area (Å²) in [5.41, 5.74) is 2.59. The zero-order valence-electron chi connectivity index (χ0n) is 16.8. The van der Waals surface area contributed by atoms with Gasteiger partial charge in [0.25, 0.3) is 5.91 Å². The number of sulfonamides is 1. The normalized spacial score (nSPS) is 18.0. The van der Waals surface area contributed by atoms with Crippen molar-refractivity contribution >= 4 is 21.6 Å². The highest BCUT2D eigenvalue weighted by Crippen LogP contribution is 2.33. The number of aryl methyl sites for hydroxylation is 3. The van der Waals surface area contributed by atoms with E-state index in [9.17, 15) is 17.6 Å². The number of amides is 1. The maximum Gasteiger partial charge on any atom is 0.274 e. The minimum atomic E-state index is -3.61. The lowest BCUT2D eigenvalue weighted by atomic mass is 9.97. The van der Waals surface area contributed by atoms with E-state index in [2.05, 4.69) is 0 Å². The number of carbonyl (C=O) groups is 1. The van der Waals surface area contributed by atoms with Crippen LogP contribution in [0.2, 0.25) is 0 Å². The lowest BCUT2D eigenvalue weighted by Gasteiger charge is -2.31. The second-order valence-electron chi connectivity index (χ2n) is 7.93. The van der Waals surface area contributed by atoms with Gasteiger partial charge in [-0.15, -0.1) is 0 Å². The van der Waals surface area contributed by atoms with E-state index in [0.29, 0.717) is 30.9 Å². The molecule has 2 aromatic rings. The van der Waals surface area contributed by atoms with Crippen LogP contribution in [0.3, 0.4) is 0 Å². The van der Waals surface area contributed by atoms with E-state index in [-0.39, 0.29) is 16.6 Å².